The van der Waals surface area contributed by atoms with Gasteiger partial charge in [-0.2, -0.15) is 0 Å². The van der Waals surface area contributed by atoms with E-state index in [9.17, 15) is 4.79 Å². The van der Waals surface area contributed by atoms with E-state index < -0.39 is 5.60 Å². The Balaban J connectivity index is 1.60. The van der Waals surface area contributed by atoms with Crippen LogP contribution in [0.4, 0.5) is 0 Å². The van der Waals surface area contributed by atoms with Crippen molar-refractivity contribution in [1.82, 2.24) is 10.2 Å². The van der Waals surface area contributed by atoms with E-state index in [0.717, 1.165) is 23.5 Å². The van der Waals surface area contributed by atoms with Crippen molar-refractivity contribution in [2.24, 2.45) is 0 Å². The average Bonchev–Trinajstić information content (AvgIpc) is 2.78. The fourth-order valence-corrected chi connectivity index (χ4v) is 4.68. The second kappa shape index (κ2) is 6.44. The average molecular weight is 346 g/mol. The molecule has 0 saturated carbocycles. The summed E-state index contributed by atoms with van der Waals surface area (Å²) in [5, 5.41) is 4.53. The van der Waals surface area contributed by atoms with Crippen LogP contribution in [-0.2, 0) is 9.47 Å². The Morgan fingerprint density at radius 1 is 1.33 bits per heavy atom. The van der Waals surface area contributed by atoms with Crippen LogP contribution in [0.5, 0.6) is 0 Å². The molecule has 4 rings (SSSR count). The Labute approximate surface area is 145 Å². The molecule has 128 valence electrons. The number of carbonyl (C=O) groups is 1. The van der Waals surface area contributed by atoms with Crippen LogP contribution in [0.3, 0.4) is 0 Å². The molecule has 1 N–H and O–H groups in total. The zero-order chi connectivity index (χ0) is 16.6. The van der Waals surface area contributed by atoms with Crippen molar-refractivity contribution in [3.63, 3.8) is 0 Å². The third kappa shape index (κ3) is 2.84. The van der Waals surface area contributed by atoms with Crippen molar-refractivity contribution >= 4 is 27.3 Å². The minimum Gasteiger partial charge on any atom is -0.377 e. The molecule has 0 unspecified atom stereocenters. The van der Waals surface area contributed by atoms with Gasteiger partial charge in [0.25, 0.3) is 5.91 Å². The first kappa shape index (κ1) is 16.0. The van der Waals surface area contributed by atoms with E-state index in [1.165, 1.54) is 10.1 Å². The maximum atomic E-state index is 13.1. The Morgan fingerprint density at radius 3 is 3.08 bits per heavy atom. The van der Waals surface area contributed by atoms with Gasteiger partial charge in [-0.3, -0.25) is 4.79 Å². The van der Waals surface area contributed by atoms with Crippen molar-refractivity contribution < 1.29 is 14.3 Å². The minimum atomic E-state index is -0.422. The summed E-state index contributed by atoms with van der Waals surface area (Å²) in [6.45, 7) is 6.58. The summed E-state index contributed by atoms with van der Waals surface area (Å²) in [5.41, 5.74) is 0.658. The number of nitrogens with zero attached hydrogens (tertiary/aromatic N) is 1. The van der Waals surface area contributed by atoms with E-state index in [1.807, 2.05) is 24.0 Å². The van der Waals surface area contributed by atoms with Gasteiger partial charge in [0.1, 0.15) is 5.60 Å². The lowest BCUT2D eigenvalue weighted by atomic mass is 10.0. The predicted molar refractivity (Wildman–Crippen MR) is 94.8 cm³/mol. The molecule has 1 aromatic carbocycles. The van der Waals surface area contributed by atoms with Crippen LogP contribution in [0.1, 0.15) is 15.2 Å². The third-order valence-corrected chi connectivity index (χ3v) is 6.07. The zero-order valence-corrected chi connectivity index (χ0v) is 14.7. The van der Waals surface area contributed by atoms with Crippen LogP contribution >= 0.6 is 11.3 Å². The van der Waals surface area contributed by atoms with Crippen LogP contribution in [0, 0.1) is 6.92 Å². The Hall–Kier alpha value is -1.47. The molecule has 1 spiro atoms. The van der Waals surface area contributed by atoms with Crippen molar-refractivity contribution in [2.45, 2.75) is 12.5 Å². The first-order chi connectivity index (χ1) is 11.7. The second-order valence-corrected chi connectivity index (χ2v) is 7.59. The van der Waals surface area contributed by atoms with Gasteiger partial charge in [-0.05, 0) is 23.9 Å². The highest BCUT2D eigenvalue weighted by Gasteiger charge is 2.40. The van der Waals surface area contributed by atoms with Gasteiger partial charge in [-0.1, -0.05) is 18.2 Å². The van der Waals surface area contributed by atoms with Crippen LogP contribution in [0.15, 0.2) is 24.3 Å². The molecule has 0 radical (unpaired) electrons. The molecule has 0 bridgehead atoms. The Kier molecular flexibility index (Phi) is 4.30. The lowest BCUT2D eigenvalue weighted by Crippen LogP contribution is -2.59. The number of nitrogens with one attached hydrogen (secondary N) is 1. The highest BCUT2D eigenvalue weighted by atomic mass is 32.1. The van der Waals surface area contributed by atoms with E-state index in [1.54, 1.807) is 11.3 Å². The molecule has 0 aliphatic carbocycles. The summed E-state index contributed by atoms with van der Waals surface area (Å²) in [5.74, 6) is 0.112. The second-order valence-electron chi connectivity index (χ2n) is 6.54. The zero-order valence-electron chi connectivity index (χ0n) is 13.8. The SMILES string of the molecule is Cc1c(C(=O)N2CCO[C@]3(CNCCOC3)C2)sc2ccccc12. The van der Waals surface area contributed by atoms with Crippen LogP contribution in [0.2, 0.25) is 0 Å². The van der Waals surface area contributed by atoms with Gasteiger partial charge < -0.3 is 19.7 Å². The number of benzene rings is 1. The quantitative estimate of drug-likeness (QED) is 0.859. The monoisotopic (exact) mass is 346 g/mol. The normalized spacial score (nSPS) is 25.1. The molecule has 2 aromatic rings. The smallest absolute Gasteiger partial charge is 0.264 e. The Bertz CT molecular complexity index is 750. The molecule has 2 saturated heterocycles. The summed E-state index contributed by atoms with van der Waals surface area (Å²) in [6.07, 6.45) is 0. The molecule has 3 heterocycles. The van der Waals surface area contributed by atoms with E-state index in [0.29, 0.717) is 32.9 Å². The number of carbonyl (C=O) groups excluding carboxylic acids is 1. The van der Waals surface area contributed by atoms with Gasteiger partial charge in [0.15, 0.2) is 0 Å². The van der Waals surface area contributed by atoms with Gasteiger partial charge in [0.2, 0.25) is 0 Å². The van der Waals surface area contributed by atoms with E-state index >= 15 is 0 Å². The summed E-state index contributed by atoms with van der Waals surface area (Å²) >= 11 is 1.59. The standard InChI is InChI=1S/C18H22N2O3S/c1-13-14-4-2-3-5-15(14)24-16(13)17(21)20-7-9-23-18(11-20)10-19-6-8-22-12-18/h2-5,19H,6-12H2,1H3/t18-/m1/s1. The molecular weight excluding hydrogens is 324 g/mol. The lowest BCUT2D eigenvalue weighted by Gasteiger charge is -2.41. The minimum absolute atomic E-state index is 0.112. The molecule has 2 aliphatic heterocycles. The first-order valence-electron chi connectivity index (χ1n) is 8.38. The summed E-state index contributed by atoms with van der Waals surface area (Å²) in [6, 6.07) is 8.20. The van der Waals surface area contributed by atoms with Crippen molar-refractivity contribution in [3.05, 3.63) is 34.7 Å². The number of aryl methyl sites for hydroxylation is 1. The summed E-state index contributed by atoms with van der Waals surface area (Å²) in [4.78, 5) is 15.9. The maximum Gasteiger partial charge on any atom is 0.264 e. The van der Waals surface area contributed by atoms with Crippen LogP contribution in [-0.4, -0.2) is 62.4 Å². The fourth-order valence-electron chi connectivity index (χ4n) is 3.50. The number of fused-ring (bicyclic) bond motifs is 1. The summed E-state index contributed by atoms with van der Waals surface area (Å²) in [7, 11) is 0. The number of amides is 1. The van der Waals surface area contributed by atoms with Gasteiger partial charge in [-0.15, -0.1) is 11.3 Å². The molecule has 5 nitrogen and oxygen atoms in total. The number of morpholine rings is 1. The van der Waals surface area contributed by atoms with Gasteiger partial charge in [0.05, 0.1) is 31.2 Å². The van der Waals surface area contributed by atoms with E-state index in [2.05, 4.69) is 17.4 Å². The lowest BCUT2D eigenvalue weighted by molar-refractivity contribution is -0.125. The number of thiophene rings is 1. The highest BCUT2D eigenvalue weighted by molar-refractivity contribution is 7.21. The largest absolute Gasteiger partial charge is 0.377 e. The first-order valence-corrected chi connectivity index (χ1v) is 9.20. The molecule has 1 atom stereocenters. The number of hydrogen-bond donors (Lipinski definition) is 1. The molecular formula is C18H22N2O3S. The summed E-state index contributed by atoms with van der Waals surface area (Å²) < 4.78 is 12.9. The Morgan fingerprint density at radius 2 is 2.21 bits per heavy atom. The molecule has 2 fully saturated rings. The van der Waals surface area contributed by atoms with Gasteiger partial charge >= 0.3 is 0 Å². The van der Waals surface area contributed by atoms with Crippen LogP contribution in [0.25, 0.3) is 10.1 Å². The maximum absolute atomic E-state index is 13.1. The van der Waals surface area contributed by atoms with Crippen molar-refractivity contribution in [2.75, 3.05) is 46.0 Å². The van der Waals surface area contributed by atoms with Gasteiger partial charge in [-0.25, -0.2) is 0 Å². The van der Waals surface area contributed by atoms with Crippen molar-refractivity contribution in [3.8, 4) is 0 Å². The van der Waals surface area contributed by atoms with E-state index in [-0.39, 0.29) is 5.91 Å². The topological polar surface area (TPSA) is 50.8 Å². The number of rotatable bonds is 1. The molecule has 24 heavy (non-hydrogen) atoms. The molecule has 1 amide bonds. The molecule has 2 aliphatic rings. The number of hydrogen-bond acceptors (Lipinski definition) is 5. The fraction of sp³-hybridized carbons (Fsp3) is 0.500. The van der Waals surface area contributed by atoms with Gasteiger partial charge in [0, 0.05) is 24.3 Å². The predicted octanol–water partition coefficient (Wildman–Crippen LogP) is 2.04. The van der Waals surface area contributed by atoms with E-state index in [4.69, 9.17) is 9.47 Å². The molecule has 6 heteroatoms. The van der Waals surface area contributed by atoms with Crippen LogP contribution < -0.4 is 5.32 Å². The number of ether oxygens (including phenoxy) is 2. The highest BCUT2D eigenvalue weighted by Crippen LogP contribution is 2.32. The molecule has 1 aromatic heterocycles. The third-order valence-electron chi connectivity index (χ3n) is 4.81. The van der Waals surface area contributed by atoms with Crippen molar-refractivity contribution in [1.29, 1.82) is 0 Å².